The number of anilines is 1. The van der Waals surface area contributed by atoms with Crippen LogP contribution >= 0.6 is 0 Å². The second-order valence-corrected chi connectivity index (χ2v) is 11.6. The van der Waals surface area contributed by atoms with Crippen LogP contribution < -0.4 is 4.90 Å². The van der Waals surface area contributed by atoms with E-state index in [4.69, 9.17) is 0 Å². The summed E-state index contributed by atoms with van der Waals surface area (Å²) in [5.41, 5.74) is 0.612. The summed E-state index contributed by atoms with van der Waals surface area (Å²) >= 11 is 0. The first-order valence-corrected chi connectivity index (χ1v) is 13.5. The first-order chi connectivity index (χ1) is 17.3. The predicted molar refractivity (Wildman–Crippen MR) is 129 cm³/mol. The maximum atomic E-state index is 15.2. The molecule has 1 aromatic heterocycles. The minimum absolute atomic E-state index is 0.0298. The molecule has 0 radical (unpaired) electrons. The Morgan fingerprint density at radius 1 is 1.00 bits per heavy atom. The lowest BCUT2D eigenvalue weighted by atomic mass is 10.0. The molecule has 0 spiro atoms. The molecule has 5 rings (SSSR count). The lowest BCUT2D eigenvalue weighted by Gasteiger charge is -2.38. The van der Waals surface area contributed by atoms with E-state index in [1.165, 1.54) is 21.9 Å². The molecule has 11 heteroatoms. The van der Waals surface area contributed by atoms with Crippen molar-refractivity contribution in [2.24, 2.45) is 0 Å². The molecule has 0 amide bonds. The van der Waals surface area contributed by atoms with Crippen LogP contribution in [0.1, 0.15) is 48.6 Å². The van der Waals surface area contributed by atoms with Gasteiger partial charge < -0.3 is 9.47 Å². The molecule has 1 unspecified atom stereocenters. The molecular weight excluding hydrogens is 491 g/mol. The Morgan fingerprint density at radius 2 is 1.72 bits per heavy atom. The number of rotatable bonds is 5. The van der Waals surface area contributed by atoms with Crippen LogP contribution in [0.3, 0.4) is 0 Å². The topological polar surface area (TPSA) is 71.3 Å². The van der Waals surface area contributed by atoms with Gasteiger partial charge in [0.1, 0.15) is 35.7 Å². The summed E-state index contributed by atoms with van der Waals surface area (Å²) in [7, 11) is -3.79. The fraction of sp³-hybridized carbons (Fsp3) is 0.440. The van der Waals surface area contributed by atoms with Gasteiger partial charge in [0.25, 0.3) is 0 Å². The van der Waals surface area contributed by atoms with Crippen LogP contribution in [0.25, 0.3) is 0 Å². The first kappa shape index (κ1) is 24.8. The summed E-state index contributed by atoms with van der Waals surface area (Å²) < 4.78 is 75.0. The molecule has 2 aromatic carbocycles. The Kier molecular flexibility index (Phi) is 6.78. The van der Waals surface area contributed by atoms with Crippen LogP contribution in [0.2, 0.25) is 0 Å². The number of aromatic nitrogens is 3. The molecule has 3 aromatic rings. The molecule has 0 saturated carbocycles. The van der Waals surface area contributed by atoms with E-state index in [0.717, 1.165) is 12.1 Å². The van der Waals surface area contributed by atoms with Crippen molar-refractivity contribution in [1.29, 1.82) is 0 Å². The zero-order valence-electron chi connectivity index (χ0n) is 19.8. The number of sulfonamides is 1. The molecule has 7 nitrogen and oxygen atoms in total. The minimum atomic E-state index is -3.79. The normalized spacial score (nSPS) is 26.7. The van der Waals surface area contributed by atoms with E-state index in [0.29, 0.717) is 31.4 Å². The summed E-state index contributed by atoms with van der Waals surface area (Å²) in [4.78, 5) is 1.49. The van der Waals surface area contributed by atoms with Crippen LogP contribution in [0.15, 0.2) is 55.1 Å². The van der Waals surface area contributed by atoms with Crippen molar-refractivity contribution in [2.45, 2.75) is 56.2 Å². The Morgan fingerprint density at radius 3 is 2.42 bits per heavy atom. The molecule has 0 bridgehead atoms. The summed E-state index contributed by atoms with van der Waals surface area (Å²) in [6, 6.07) is 10.2. The van der Waals surface area contributed by atoms with E-state index in [9.17, 15) is 12.8 Å². The monoisotopic (exact) mass is 519 g/mol. The van der Waals surface area contributed by atoms with Gasteiger partial charge in [-0.25, -0.2) is 21.6 Å². The Bertz CT molecular complexity index is 1310. The highest BCUT2D eigenvalue weighted by molar-refractivity contribution is 7.89. The Labute approximate surface area is 208 Å². The molecule has 0 aliphatic carbocycles. The molecule has 4 atom stereocenters. The second-order valence-electron chi connectivity index (χ2n) is 9.54. The third kappa shape index (κ3) is 4.61. The van der Waals surface area contributed by atoms with Crippen LogP contribution in [-0.2, 0) is 16.6 Å². The largest absolute Gasteiger partial charge is 0.366 e. The standard InChI is InChI=1S/C25H28F3N5O2S/c1-17-7-8-25(18-5-3-2-4-6-18)36(34,35)33(17)13-19-11-21(27)24(12-20(19)26)31-10-9-23(22(28)14-31)32-15-29-30-16-32/h2-6,11-12,15-17,22-23,25H,7-10,13-14H2,1H3/t17-,22+,23?,25+/m0/s1. The van der Waals surface area contributed by atoms with Gasteiger partial charge in [-0.2, -0.15) is 4.31 Å². The van der Waals surface area contributed by atoms with Crippen LogP contribution in [0.5, 0.6) is 0 Å². The lowest BCUT2D eigenvalue weighted by molar-refractivity contribution is 0.199. The number of halogens is 3. The zero-order valence-corrected chi connectivity index (χ0v) is 20.7. The molecule has 2 aliphatic heterocycles. The maximum Gasteiger partial charge on any atom is 0.221 e. The average Bonchev–Trinajstić information content (AvgIpc) is 3.38. The van der Waals surface area contributed by atoms with Crippen molar-refractivity contribution in [3.8, 4) is 0 Å². The number of benzene rings is 2. The molecule has 2 aliphatic rings. The van der Waals surface area contributed by atoms with Crippen molar-refractivity contribution in [1.82, 2.24) is 19.1 Å². The van der Waals surface area contributed by atoms with E-state index in [2.05, 4.69) is 10.2 Å². The summed E-state index contributed by atoms with van der Waals surface area (Å²) in [5, 5.41) is 6.69. The fourth-order valence-corrected chi connectivity index (χ4v) is 7.48. The van der Waals surface area contributed by atoms with Gasteiger partial charge in [0.15, 0.2) is 0 Å². The molecular formula is C25H28F3N5O2S. The quantitative estimate of drug-likeness (QED) is 0.500. The molecule has 192 valence electrons. The molecule has 2 fully saturated rings. The van der Waals surface area contributed by atoms with Gasteiger partial charge >= 0.3 is 0 Å². The fourth-order valence-electron chi connectivity index (χ4n) is 5.29. The number of hydrogen-bond donors (Lipinski definition) is 0. The number of alkyl halides is 1. The number of nitrogens with zero attached hydrogens (tertiary/aromatic N) is 5. The molecule has 2 saturated heterocycles. The summed E-state index contributed by atoms with van der Waals surface area (Å²) in [6.45, 7) is 1.74. The molecule has 3 heterocycles. The Hall–Kier alpha value is -2.92. The van der Waals surface area contributed by atoms with Gasteiger partial charge in [-0.3, -0.25) is 0 Å². The van der Waals surface area contributed by atoms with E-state index < -0.39 is 39.1 Å². The number of hydrogen-bond acceptors (Lipinski definition) is 5. The highest BCUT2D eigenvalue weighted by atomic mass is 32.2. The second kappa shape index (κ2) is 9.85. The van der Waals surface area contributed by atoms with Crippen LogP contribution in [-0.4, -0.2) is 52.8 Å². The van der Waals surface area contributed by atoms with E-state index in [1.54, 1.807) is 35.8 Å². The highest BCUT2D eigenvalue weighted by Gasteiger charge is 2.41. The predicted octanol–water partition coefficient (Wildman–Crippen LogP) is 4.40. The number of piperidine rings is 1. The van der Waals surface area contributed by atoms with E-state index in [1.807, 2.05) is 6.07 Å². The third-order valence-corrected chi connectivity index (χ3v) is 9.68. The first-order valence-electron chi connectivity index (χ1n) is 12.0. The van der Waals surface area contributed by atoms with Gasteiger partial charge in [0, 0.05) is 30.8 Å². The maximum absolute atomic E-state index is 15.2. The average molecular weight is 520 g/mol. The van der Waals surface area contributed by atoms with Crippen LogP contribution in [0, 0.1) is 11.6 Å². The minimum Gasteiger partial charge on any atom is -0.366 e. The van der Waals surface area contributed by atoms with Crippen molar-refractivity contribution in [3.63, 3.8) is 0 Å². The van der Waals surface area contributed by atoms with Gasteiger partial charge in [-0.05, 0) is 37.8 Å². The van der Waals surface area contributed by atoms with Crippen molar-refractivity contribution in [2.75, 3.05) is 18.0 Å². The highest BCUT2D eigenvalue weighted by Crippen LogP contribution is 2.39. The SMILES string of the molecule is C[C@H]1CC[C@H](c2ccccc2)S(=O)(=O)N1Cc1cc(F)c(N2CCC(n3cnnc3)[C@H](F)C2)cc1F. The summed E-state index contributed by atoms with van der Waals surface area (Å²) in [5.74, 6) is -1.42. The van der Waals surface area contributed by atoms with Gasteiger partial charge in [0.2, 0.25) is 10.0 Å². The van der Waals surface area contributed by atoms with Crippen molar-refractivity contribution >= 4 is 15.7 Å². The zero-order chi connectivity index (χ0) is 25.4. The Balaban J connectivity index is 1.35. The third-order valence-electron chi connectivity index (χ3n) is 7.31. The van der Waals surface area contributed by atoms with Crippen LogP contribution in [0.4, 0.5) is 18.9 Å². The van der Waals surface area contributed by atoms with Gasteiger partial charge in [-0.15, -0.1) is 10.2 Å². The smallest absolute Gasteiger partial charge is 0.221 e. The molecule has 36 heavy (non-hydrogen) atoms. The van der Waals surface area contributed by atoms with E-state index >= 15 is 8.78 Å². The van der Waals surface area contributed by atoms with Crippen molar-refractivity contribution < 1.29 is 21.6 Å². The summed E-state index contributed by atoms with van der Waals surface area (Å²) in [6.07, 6.45) is 3.04. The van der Waals surface area contributed by atoms with E-state index in [-0.39, 0.29) is 30.4 Å². The van der Waals surface area contributed by atoms with Gasteiger partial charge in [-0.1, -0.05) is 30.3 Å². The molecule has 0 N–H and O–H groups in total. The van der Waals surface area contributed by atoms with Gasteiger partial charge in [0.05, 0.1) is 18.3 Å². The van der Waals surface area contributed by atoms with Crippen molar-refractivity contribution in [3.05, 3.63) is 77.9 Å². The lowest BCUT2D eigenvalue weighted by Crippen LogP contribution is -2.45.